The summed E-state index contributed by atoms with van der Waals surface area (Å²) < 4.78 is 12.2. The van der Waals surface area contributed by atoms with Crippen molar-refractivity contribution in [3.8, 4) is 0 Å². The molecule has 1 rings (SSSR count). The molecule has 0 aliphatic carbocycles. The number of rotatable bonds is 0. The maximum atomic E-state index is 12.2. The van der Waals surface area contributed by atoms with Crippen molar-refractivity contribution in [1.29, 1.82) is 0 Å². The van der Waals surface area contributed by atoms with E-state index in [1.807, 2.05) is 0 Å². The molecule has 0 aliphatic rings. The Hall–Kier alpha value is -1.36. The van der Waals surface area contributed by atoms with Gasteiger partial charge in [-0.25, -0.2) is 9.24 Å². The van der Waals surface area contributed by atoms with Crippen LogP contribution in [0.15, 0.2) is 24.3 Å². The van der Waals surface area contributed by atoms with Crippen LogP contribution in [-0.2, 0) is 0 Å². The van der Waals surface area contributed by atoms with E-state index in [9.17, 15) is 4.39 Å². The van der Waals surface area contributed by atoms with Gasteiger partial charge in [0, 0.05) is 0 Å². The Morgan fingerprint density at radius 1 is 1.44 bits per heavy atom. The van der Waals surface area contributed by atoms with Crippen LogP contribution >= 0.6 is 0 Å². The lowest BCUT2D eigenvalue weighted by Gasteiger charge is -1.85. The zero-order chi connectivity index (χ0) is 6.69. The third-order valence-corrected chi connectivity index (χ3v) is 0.937. The van der Waals surface area contributed by atoms with Gasteiger partial charge in [0.1, 0.15) is 5.82 Å². The summed E-state index contributed by atoms with van der Waals surface area (Å²) in [6.45, 7) is 6.50. The van der Waals surface area contributed by atoms with E-state index in [0.29, 0.717) is 5.69 Å². The van der Waals surface area contributed by atoms with Gasteiger partial charge in [0.2, 0.25) is 0 Å². The lowest BCUT2D eigenvalue weighted by atomic mass is 10.3. The van der Waals surface area contributed by atoms with Gasteiger partial charge in [-0.1, -0.05) is 12.1 Å². The van der Waals surface area contributed by atoms with Gasteiger partial charge in [0.15, 0.2) is 5.69 Å². The molecule has 0 atom stereocenters. The third kappa shape index (κ3) is 1.26. The van der Waals surface area contributed by atoms with Gasteiger partial charge in [0.05, 0.1) is 6.57 Å². The zero-order valence-electron chi connectivity index (χ0n) is 4.63. The standard InChI is InChI=1S/C7H4FN/c1-9-7-4-2-3-6(8)5-7/h2-5H. The predicted octanol–water partition coefficient (Wildman–Crippen LogP) is 2.38. The number of halogens is 1. The number of hydrogen-bond acceptors (Lipinski definition) is 0. The average molecular weight is 121 g/mol. The molecule has 2 heteroatoms. The van der Waals surface area contributed by atoms with Crippen LogP contribution in [0, 0.1) is 12.4 Å². The monoisotopic (exact) mass is 121 g/mol. The molecule has 0 heterocycles. The fraction of sp³-hybridized carbons (Fsp3) is 0. The Labute approximate surface area is 52.6 Å². The zero-order valence-corrected chi connectivity index (χ0v) is 4.63. The molecule has 44 valence electrons. The second-order valence-corrected chi connectivity index (χ2v) is 1.59. The highest BCUT2D eigenvalue weighted by Crippen LogP contribution is 2.11. The summed E-state index contributed by atoms with van der Waals surface area (Å²) in [6.07, 6.45) is 0. The molecule has 0 radical (unpaired) electrons. The highest BCUT2D eigenvalue weighted by Gasteiger charge is 1.89. The summed E-state index contributed by atoms with van der Waals surface area (Å²) in [4.78, 5) is 3.04. The molecular formula is C7H4FN. The molecule has 1 aromatic rings. The highest BCUT2D eigenvalue weighted by molar-refractivity contribution is 5.43. The van der Waals surface area contributed by atoms with Crippen molar-refractivity contribution in [2.45, 2.75) is 0 Å². The maximum Gasteiger partial charge on any atom is 0.190 e. The Morgan fingerprint density at radius 2 is 2.22 bits per heavy atom. The van der Waals surface area contributed by atoms with E-state index >= 15 is 0 Å². The number of benzene rings is 1. The Balaban J connectivity index is 3.12. The molecule has 0 amide bonds. The minimum absolute atomic E-state index is 0.343. The second-order valence-electron chi connectivity index (χ2n) is 1.59. The summed E-state index contributed by atoms with van der Waals surface area (Å²) in [5.41, 5.74) is 0.343. The summed E-state index contributed by atoms with van der Waals surface area (Å²) in [5, 5.41) is 0. The second kappa shape index (κ2) is 2.27. The third-order valence-electron chi connectivity index (χ3n) is 0.937. The van der Waals surface area contributed by atoms with Crippen molar-refractivity contribution in [3.05, 3.63) is 41.5 Å². The minimum atomic E-state index is -0.358. The van der Waals surface area contributed by atoms with Crippen molar-refractivity contribution in [3.63, 3.8) is 0 Å². The molecule has 1 nitrogen and oxygen atoms in total. The van der Waals surface area contributed by atoms with E-state index in [2.05, 4.69) is 4.85 Å². The lowest BCUT2D eigenvalue weighted by Crippen LogP contribution is -1.67. The van der Waals surface area contributed by atoms with E-state index < -0.39 is 0 Å². The first kappa shape index (κ1) is 5.77. The minimum Gasteiger partial charge on any atom is -0.238 e. The van der Waals surface area contributed by atoms with Crippen molar-refractivity contribution in [2.75, 3.05) is 0 Å². The fourth-order valence-corrected chi connectivity index (χ4v) is 0.546. The van der Waals surface area contributed by atoms with Gasteiger partial charge in [-0.15, -0.1) is 0 Å². The molecule has 0 aromatic heterocycles. The highest BCUT2D eigenvalue weighted by atomic mass is 19.1. The van der Waals surface area contributed by atoms with Gasteiger partial charge in [-0.05, 0) is 12.1 Å². The van der Waals surface area contributed by atoms with E-state index in [4.69, 9.17) is 6.57 Å². The summed E-state index contributed by atoms with van der Waals surface area (Å²) in [6, 6.07) is 5.60. The van der Waals surface area contributed by atoms with Crippen molar-refractivity contribution < 1.29 is 4.39 Å². The molecule has 1 aromatic carbocycles. The summed E-state index contributed by atoms with van der Waals surface area (Å²) in [7, 11) is 0. The van der Waals surface area contributed by atoms with Gasteiger partial charge in [-0.3, -0.25) is 0 Å². The Morgan fingerprint density at radius 3 is 2.67 bits per heavy atom. The lowest BCUT2D eigenvalue weighted by molar-refractivity contribution is 0.628. The largest absolute Gasteiger partial charge is 0.238 e. The molecule has 9 heavy (non-hydrogen) atoms. The van der Waals surface area contributed by atoms with Gasteiger partial charge >= 0.3 is 0 Å². The first-order valence-corrected chi connectivity index (χ1v) is 2.46. The summed E-state index contributed by atoms with van der Waals surface area (Å²) in [5.74, 6) is -0.358. The molecular weight excluding hydrogens is 117 g/mol. The van der Waals surface area contributed by atoms with Gasteiger partial charge in [0.25, 0.3) is 0 Å². The molecule has 0 unspecified atom stereocenters. The molecule has 0 aliphatic heterocycles. The normalized spacial score (nSPS) is 8.44. The SMILES string of the molecule is [C-]#[N+]c1cccc(F)c1. The van der Waals surface area contributed by atoms with Crippen molar-refractivity contribution >= 4 is 5.69 Å². The molecule has 0 bridgehead atoms. The topological polar surface area (TPSA) is 4.36 Å². The van der Waals surface area contributed by atoms with E-state index in [0.717, 1.165) is 0 Å². The number of nitrogens with zero attached hydrogens (tertiary/aromatic N) is 1. The van der Waals surface area contributed by atoms with Crippen LogP contribution < -0.4 is 0 Å². The first-order chi connectivity index (χ1) is 4.33. The number of hydrogen-bond donors (Lipinski definition) is 0. The van der Waals surface area contributed by atoms with E-state index in [1.54, 1.807) is 6.07 Å². The quantitative estimate of drug-likeness (QED) is 0.464. The maximum absolute atomic E-state index is 12.2. The molecule has 0 N–H and O–H groups in total. The Bertz CT molecular complexity index is 249. The van der Waals surface area contributed by atoms with Crippen LogP contribution in [0.1, 0.15) is 0 Å². The first-order valence-electron chi connectivity index (χ1n) is 2.46. The van der Waals surface area contributed by atoms with E-state index in [-0.39, 0.29) is 5.82 Å². The van der Waals surface area contributed by atoms with Gasteiger partial charge in [-0.2, -0.15) is 0 Å². The Kier molecular flexibility index (Phi) is 1.46. The van der Waals surface area contributed by atoms with Gasteiger partial charge < -0.3 is 0 Å². The smallest absolute Gasteiger partial charge is 0.190 e. The predicted molar refractivity (Wildman–Crippen MR) is 32.7 cm³/mol. The molecule has 0 spiro atoms. The van der Waals surface area contributed by atoms with E-state index in [1.165, 1.54) is 18.2 Å². The van der Waals surface area contributed by atoms with Crippen LogP contribution in [-0.4, -0.2) is 0 Å². The van der Waals surface area contributed by atoms with Crippen LogP contribution in [0.4, 0.5) is 10.1 Å². The van der Waals surface area contributed by atoms with Crippen LogP contribution in [0.3, 0.4) is 0 Å². The molecule has 0 fully saturated rings. The molecule has 0 saturated heterocycles. The van der Waals surface area contributed by atoms with Crippen molar-refractivity contribution in [2.24, 2.45) is 0 Å². The molecule has 0 saturated carbocycles. The van der Waals surface area contributed by atoms with Crippen LogP contribution in [0.5, 0.6) is 0 Å². The van der Waals surface area contributed by atoms with Crippen LogP contribution in [0.25, 0.3) is 4.85 Å². The average Bonchev–Trinajstić information content (AvgIpc) is 1.88. The summed E-state index contributed by atoms with van der Waals surface area (Å²) >= 11 is 0. The van der Waals surface area contributed by atoms with Crippen molar-refractivity contribution in [1.82, 2.24) is 0 Å². The fourth-order valence-electron chi connectivity index (χ4n) is 0.546. The van der Waals surface area contributed by atoms with Crippen LogP contribution in [0.2, 0.25) is 0 Å².